The van der Waals surface area contributed by atoms with Gasteiger partial charge in [-0.15, -0.1) is 11.3 Å². The molecular formula is C15H22F3NS. The van der Waals surface area contributed by atoms with E-state index in [-0.39, 0.29) is 12.5 Å². The second-order valence-corrected chi connectivity index (χ2v) is 6.67. The molecule has 1 unspecified atom stereocenters. The largest absolute Gasteiger partial charge is 0.389 e. The van der Waals surface area contributed by atoms with E-state index >= 15 is 0 Å². The van der Waals surface area contributed by atoms with Gasteiger partial charge in [0.05, 0.1) is 0 Å². The van der Waals surface area contributed by atoms with Gasteiger partial charge in [0.15, 0.2) is 0 Å². The summed E-state index contributed by atoms with van der Waals surface area (Å²) in [5.74, 6) is 0. The first-order valence-corrected chi connectivity index (χ1v) is 8.17. The van der Waals surface area contributed by atoms with Crippen LogP contribution < -0.4 is 5.32 Å². The molecule has 0 amide bonds. The van der Waals surface area contributed by atoms with E-state index < -0.39 is 12.6 Å². The number of nitrogens with one attached hydrogen (secondary N) is 1. The van der Waals surface area contributed by atoms with E-state index in [1.165, 1.54) is 34.6 Å². The van der Waals surface area contributed by atoms with Crippen molar-refractivity contribution < 1.29 is 13.2 Å². The fourth-order valence-electron chi connectivity index (χ4n) is 2.80. The molecule has 114 valence electrons. The zero-order valence-electron chi connectivity index (χ0n) is 11.9. The number of thiophene rings is 1. The maximum absolute atomic E-state index is 12.2. The van der Waals surface area contributed by atoms with Crippen molar-refractivity contribution in [3.8, 4) is 0 Å². The molecule has 0 aromatic carbocycles. The SMILES string of the molecule is CNC(CCCC(F)(F)F)c1cc2c(s1)CCCCC2. The minimum absolute atomic E-state index is 0.0641. The van der Waals surface area contributed by atoms with Crippen LogP contribution in [0.4, 0.5) is 13.2 Å². The molecule has 0 saturated carbocycles. The average molecular weight is 305 g/mol. The molecule has 1 aliphatic carbocycles. The van der Waals surface area contributed by atoms with E-state index in [9.17, 15) is 13.2 Å². The average Bonchev–Trinajstić information content (AvgIpc) is 2.64. The Morgan fingerprint density at radius 3 is 2.70 bits per heavy atom. The molecule has 5 heteroatoms. The van der Waals surface area contributed by atoms with Crippen LogP contribution >= 0.6 is 11.3 Å². The zero-order valence-corrected chi connectivity index (χ0v) is 12.7. The van der Waals surface area contributed by atoms with Crippen molar-refractivity contribution in [2.24, 2.45) is 0 Å². The quantitative estimate of drug-likeness (QED) is 0.754. The van der Waals surface area contributed by atoms with Crippen LogP contribution in [0.2, 0.25) is 0 Å². The summed E-state index contributed by atoms with van der Waals surface area (Å²) in [5.41, 5.74) is 1.43. The lowest BCUT2D eigenvalue weighted by atomic mass is 10.1. The van der Waals surface area contributed by atoms with Crippen LogP contribution in [0.25, 0.3) is 0 Å². The number of rotatable bonds is 5. The first kappa shape index (κ1) is 15.8. The van der Waals surface area contributed by atoms with Gasteiger partial charge < -0.3 is 5.32 Å². The van der Waals surface area contributed by atoms with Crippen LogP contribution in [0.15, 0.2) is 6.07 Å². The third-order valence-electron chi connectivity index (χ3n) is 3.91. The van der Waals surface area contributed by atoms with Crippen LogP contribution in [0.1, 0.15) is 59.9 Å². The molecule has 0 radical (unpaired) electrons. The summed E-state index contributed by atoms with van der Waals surface area (Å²) in [6, 6.07) is 2.29. The Morgan fingerprint density at radius 1 is 1.25 bits per heavy atom. The van der Waals surface area contributed by atoms with Gasteiger partial charge in [0, 0.05) is 22.2 Å². The molecule has 1 aliphatic rings. The molecule has 1 nitrogen and oxygen atoms in total. The van der Waals surface area contributed by atoms with Crippen molar-refractivity contribution in [3.63, 3.8) is 0 Å². The van der Waals surface area contributed by atoms with Crippen LogP contribution in [0.3, 0.4) is 0 Å². The van der Waals surface area contributed by atoms with Crippen molar-refractivity contribution >= 4 is 11.3 Å². The first-order chi connectivity index (χ1) is 9.49. The highest BCUT2D eigenvalue weighted by Gasteiger charge is 2.27. The monoisotopic (exact) mass is 305 g/mol. The number of fused-ring (bicyclic) bond motifs is 1. The van der Waals surface area contributed by atoms with Crippen LogP contribution in [-0.4, -0.2) is 13.2 Å². The van der Waals surface area contributed by atoms with Crippen LogP contribution in [-0.2, 0) is 12.8 Å². The minimum Gasteiger partial charge on any atom is -0.312 e. The highest BCUT2D eigenvalue weighted by atomic mass is 32.1. The predicted octanol–water partition coefficient (Wildman–Crippen LogP) is 5.01. The van der Waals surface area contributed by atoms with Crippen molar-refractivity contribution in [1.82, 2.24) is 5.32 Å². The topological polar surface area (TPSA) is 12.0 Å². The molecule has 0 aliphatic heterocycles. The van der Waals surface area contributed by atoms with Crippen molar-refractivity contribution in [2.75, 3.05) is 7.05 Å². The minimum atomic E-state index is -4.04. The Labute approximate surface area is 122 Å². The number of hydrogen-bond acceptors (Lipinski definition) is 2. The Morgan fingerprint density at radius 2 is 2.00 bits per heavy atom. The maximum atomic E-state index is 12.2. The predicted molar refractivity (Wildman–Crippen MR) is 77.3 cm³/mol. The lowest BCUT2D eigenvalue weighted by Crippen LogP contribution is -2.16. The number of alkyl halides is 3. The van der Waals surface area contributed by atoms with Gasteiger partial charge in [-0.3, -0.25) is 0 Å². The first-order valence-electron chi connectivity index (χ1n) is 7.35. The molecule has 0 saturated heterocycles. The second kappa shape index (κ2) is 6.94. The summed E-state index contributed by atoms with van der Waals surface area (Å²) in [5, 5.41) is 3.17. The van der Waals surface area contributed by atoms with Crippen molar-refractivity contribution in [1.29, 1.82) is 0 Å². The number of halogens is 3. The van der Waals surface area contributed by atoms with Gasteiger partial charge in [0.25, 0.3) is 0 Å². The summed E-state index contributed by atoms with van der Waals surface area (Å²) < 4.78 is 36.7. The van der Waals surface area contributed by atoms with Crippen LogP contribution in [0.5, 0.6) is 0 Å². The van der Waals surface area contributed by atoms with Crippen molar-refractivity contribution in [3.05, 3.63) is 21.4 Å². The van der Waals surface area contributed by atoms with Gasteiger partial charge in [-0.1, -0.05) is 6.42 Å². The number of hydrogen-bond donors (Lipinski definition) is 1. The van der Waals surface area contributed by atoms with E-state index in [0.29, 0.717) is 6.42 Å². The normalized spacial score (nSPS) is 17.6. The lowest BCUT2D eigenvalue weighted by molar-refractivity contribution is -0.135. The molecule has 1 atom stereocenters. The molecule has 1 heterocycles. The Kier molecular flexibility index (Phi) is 5.49. The smallest absolute Gasteiger partial charge is 0.312 e. The third kappa shape index (κ3) is 4.48. The van der Waals surface area contributed by atoms with Gasteiger partial charge in [-0.2, -0.15) is 13.2 Å². The van der Waals surface area contributed by atoms with Crippen LogP contribution in [0, 0.1) is 0 Å². The van der Waals surface area contributed by atoms with E-state index in [0.717, 1.165) is 12.8 Å². The fourth-order valence-corrected chi connectivity index (χ4v) is 4.20. The van der Waals surface area contributed by atoms with E-state index in [1.54, 1.807) is 11.3 Å². The van der Waals surface area contributed by atoms with Gasteiger partial charge in [-0.05, 0) is 57.2 Å². The summed E-state index contributed by atoms with van der Waals surface area (Å²) in [6.45, 7) is 0. The lowest BCUT2D eigenvalue weighted by Gasteiger charge is -2.15. The fraction of sp³-hybridized carbons (Fsp3) is 0.733. The molecular weight excluding hydrogens is 283 g/mol. The summed E-state index contributed by atoms with van der Waals surface area (Å²) >= 11 is 1.80. The standard InChI is InChI=1S/C15H22F3NS/c1-19-12(7-5-9-15(16,17)18)14-10-11-6-3-2-4-8-13(11)20-14/h10,12,19H,2-9H2,1H3. The highest BCUT2D eigenvalue weighted by Crippen LogP contribution is 2.34. The summed E-state index contributed by atoms with van der Waals surface area (Å²) in [4.78, 5) is 2.66. The Bertz CT molecular complexity index is 402. The molecule has 0 bridgehead atoms. The molecule has 0 fully saturated rings. The second-order valence-electron chi connectivity index (χ2n) is 5.51. The summed E-state index contributed by atoms with van der Waals surface area (Å²) in [6.07, 6.45) is 2.06. The van der Waals surface area contributed by atoms with E-state index in [2.05, 4.69) is 11.4 Å². The van der Waals surface area contributed by atoms with Crippen molar-refractivity contribution in [2.45, 2.75) is 63.6 Å². The summed E-state index contributed by atoms with van der Waals surface area (Å²) in [7, 11) is 1.84. The molecule has 1 aromatic heterocycles. The maximum Gasteiger partial charge on any atom is 0.389 e. The molecule has 1 N–H and O–H groups in total. The zero-order chi connectivity index (χ0) is 14.6. The molecule has 0 spiro atoms. The van der Waals surface area contributed by atoms with Gasteiger partial charge in [0.2, 0.25) is 0 Å². The molecule has 1 aromatic rings. The number of aryl methyl sites for hydroxylation is 2. The third-order valence-corrected chi connectivity index (χ3v) is 5.26. The Hall–Kier alpha value is -0.550. The molecule has 20 heavy (non-hydrogen) atoms. The van der Waals surface area contributed by atoms with Gasteiger partial charge in [-0.25, -0.2) is 0 Å². The van der Waals surface area contributed by atoms with E-state index in [4.69, 9.17) is 0 Å². The highest BCUT2D eigenvalue weighted by molar-refractivity contribution is 7.12. The molecule has 2 rings (SSSR count). The van der Waals surface area contributed by atoms with Gasteiger partial charge >= 0.3 is 6.18 Å². The Balaban J connectivity index is 1.97. The van der Waals surface area contributed by atoms with Gasteiger partial charge in [0.1, 0.15) is 0 Å². The van der Waals surface area contributed by atoms with E-state index in [1.807, 2.05) is 7.05 Å².